The number of nitrogens with zero attached hydrogens (tertiary/aromatic N) is 1. The van der Waals surface area contributed by atoms with E-state index < -0.39 is 24.3 Å². The molecule has 0 saturated carbocycles. The molecule has 1 heterocycles. The van der Waals surface area contributed by atoms with E-state index in [0.29, 0.717) is 5.56 Å². The van der Waals surface area contributed by atoms with E-state index in [1.54, 1.807) is 6.07 Å². The van der Waals surface area contributed by atoms with Crippen molar-refractivity contribution in [1.29, 1.82) is 0 Å². The third-order valence-corrected chi connectivity index (χ3v) is 2.40. The van der Waals surface area contributed by atoms with E-state index in [0.717, 1.165) is 0 Å². The molecule has 6 heteroatoms. The summed E-state index contributed by atoms with van der Waals surface area (Å²) in [6.45, 7) is -0.491. The Labute approximate surface area is 114 Å². The number of pyridine rings is 1. The van der Waals surface area contributed by atoms with Gasteiger partial charge in [-0.25, -0.2) is 9.18 Å². The van der Waals surface area contributed by atoms with Gasteiger partial charge in [0.15, 0.2) is 6.61 Å². The summed E-state index contributed by atoms with van der Waals surface area (Å²) in [6, 6.07) is 8.67. The van der Waals surface area contributed by atoms with Gasteiger partial charge >= 0.3 is 5.97 Å². The Kier molecular flexibility index (Phi) is 4.39. The lowest BCUT2D eigenvalue weighted by Crippen LogP contribution is -2.21. The van der Waals surface area contributed by atoms with Crippen LogP contribution in [-0.4, -0.2) is 23.5 Å². The zero-order chi connectivity index (χ0) is 14.4. The molecule has 102 valence electrons. The molecular formula is C14H11FN2O3. The molecule has 2 aromatic rings. The molecule has 1 N–H and O–H groups in total. The number of ether oxygens (including phenoxy) is 1. The van der Waals surface area contributed by atoms with Crippen molar-refractivity contribution in [1.82, 2.24) is 4.98 Å². The number of para-hydroxylation sites is 1. The minimum absolute atomic E-state index is 0.0393. The van der Waals surface area contributed by atoms with Crippen molar-refractivity contribution in [2.45, 2.75) is 0 Å². The number of aromatic nitrogens is 1. The molecule has 0 fully saturated rings. The molecular weight excluding hydrogens is 263 g/mol. The van der Waals surface area contributed by atoms with Crippen LogP contribution in [0.25, 0.3) is 0 Å². The first-order valence-electron chi connectivity index (χ1n) is 5.78. The van der Waals surface area contributed by atoms with Gasteiger partial charge in [0.2, 0.25) is 0 Å². The molecule has 1 aromatic heterocycles. The van der Waals surface area contributed by atoms with Crippen molar-refractivity contribution in [3.05, 3.63) is 60.2 Å². The van der Waals surface area contributed by atoms with E-state index in [1.807, 2.05) is 0 Å². The second-order valence-corrected chi connectivity index (χ2v) is 3.84. The van der Waals surface area contributed by atoms with Gasteiger partial charge in [0.25, 0.3) is 5.91 Å². The number of esters is 1. The Morgan fingerprint density at radius 1 is 1.15 bits per heavy atom. The molecule has 0 radical (unpaired) electrons. The van der Waals surface area contributed by atoms with Crippen LogP contribution in [-0.2, 0) is 9.53 Å². The molecule has 20 heavy (non-hydrogen) atoms. The third kappa shape index (κ3) is 3.61. The van der Waals surface area contributed by atoms with Gasteiger partial charge in [0.05, 0.1) is 11.3 Å². The molecule has 0 aliphatic carbocycles. The minimum atomic E-state index is -0.643. The molecule has 0 aliphatic heterocycles. The molecule has 0 bridgehead atoms. The monoisotopic (exact) mass is 274 g/mol. The Morgan fingerprint density at radius 3 is 2.55 bits per heavy atom. The Hall–Kier alpha value is -2.76. The lowest BCUT2D eigenvalue weighted by molar-refractivity contribution is -0.119. The number of nitrogens with one attached hydrogen (secondary N) is 1. The van der Waals surface area contributed by atoms with Gasteiger partial charge in [-0.1, -0.05) is 12.1 Å². The van der Waals surface area contributed by atoms with Crippen molar-refractivity contribution in [2.75, 3.05) is 11.9 Å². The first-order chi connectivity index (χ1) is 9.66. The van der Waals surface area contributed by atoms with Gasteiger partial charge in [0, 0.05) is 12.4 Å². The molecule has 0 unspecified atom stereocenters. The molecule has 0 atom stereocenters. The summed E-state index contributed by atoms with van der Waals surface area (Å²) in [5.41, 5.74) is 0.330. The van der Waals surface area contributed by atoms with Crippen molar-refractivity contribution in [2.24, 2.45) is 0 Å². The fourth-order valence-electron chi connectivity index (χ4n) is 1.45. The standard InChI is InChI=1S/C14H11FN2O3/c15-11-3-1-2-4-12(11)17-13(18)9-20-14(19)10-5-7-16-8-6-10/h1-8H,9H2,(H,17,18). The van der Waals surface area contributed by atoms with Crippen molar-refractivity contribution < 1.29 is 18.7 Å². The van der Waals surface area contributed by atoms with Crippen molar-refractivity contribution in [3.8, 4) is 0 Å². The van der Waals surface area contributed by atoms with Crippen LogP contribution in [0.2, 0.25) is 0 Å². The number of carbonyl (C=O) groups excluding carboxylic acids is 2. The average molecular weight is 274 g/mol. The molecule has 0 aliphatic rings. The third-order valence-electron chi connectivity index (χ3n) is 2.40. The molecule has 1 amide bonds. The van der Waals surface area contributed by atoms with Crippen LogP contribution in [0.3, 0.4) is 0 Å². The summed E-state index contributed by atoms with van der Waals surface area (Å²) < 4.78 is 18.1. The lowest BCUT2D eigenvalue weighted by atomic mass is 10.3. The summed E-state index contributed by atoms with van der Waals surface area (Å²) in [5, 5.41) is 2.31. The molecule has 2 rings (SSSR count). The van der Waals surface area contributed by atoms with Gasteiger partial charge in [-0.15, -0.1) is 0 Å². The van der Waals surface area contributed by atoms with E-state index in [1.165, 1.54) is 42.7 Å². The van der Waals surface area contributed by atoms with Gasteiger partial charge < -0.3 is 10.1 Å². The smallest absolute Gasteiger partial charge is 0.338 e. The quantitative estimate of drug-likeness (QED) is 0.866. The van der Waals surface area contributed by atoms with Gasteiger partial charge in [0.1, 0.15) is 5.82 Å². The van der Waals surface area contributed by atoms with Gasteiger partial charge in [-0.2, -0.15) is 0 Å². The van der Waals surface area contributed by atoms with Crippen LogP contribution >= 0.6 is 0 Å². The maximum atomic E-state index is 13.3. The number of benzene rings is 1. The van der Waals surface area contributed by atoms with Crippen LogP contribution in [0.5, 0.6) is 0 Å². The molecule has 5 nitrogen and oxygen atoms in total. The normalized spacial score (nSPS) is 9.85. The molecule has 0 saturated heterocycles. The highest BCUT2D eigenvalue weighted by atomic mass is 19.1. The fourth-order valence-corrected chi connectivity index (χ4v) is 1.45. The lowest BCUT2D eigenvalue weighted by Gasteiger charge is -2.07. The minimum Gasteiger partial charge on any atom is -0.452 e. The zero-order valence-corrected chi connectivity index (χ0v) is 10.4. The SMILES string of the molecule is O=C(COC(=O)c1ccncc1)Nc1ccccc1F. The largest absolute Gasteiger partial charge is 0.452 e. The number of carbonyl (C=O) groups is 2. The number of hydrogen-bond acceptors (Lipinski definition) is 4. The summed E-state index contributed by atoms with van der Waals surface area (Å²) in [5.74, 6) is -1.81. The second kappa shape index (κ2) is 6.42. The maximum absolute atomic E-state index is 13.3. The summed E-state index contributed by atoms with van der Waals surface area (Å²) in [7, 11) is 0. The highest BCUT2D eigenvalue weighted by Gasteiger charge is 2.11. The number of amides is 1. The highest BCUT2D eigenvalue weighted by molar-refractivity contribution is 5.95. The Morgan fingerprint density at radius 2 is 1.85 bits per heavy atom. The van der Waals surface area contributed by atoms with Crippen LogP contribution < -0.4 is 5.32 Å². The van der Waals surface area contributed by atoms with Crippen LogP contribution in [0.4, 0.5) is 10.1 Å². The van der Waals surface area contributed by atoms with Crippen molar-refractivity contribution in [3.63, 3.8) is 0 Å². The first-order valence-corrected chi connectivity index (χ1v) is 5.78. The predicted molar refractivity (Wildman–Crippen MR) is 69.5 cm³/mol. The predicted octanol–water partition coefficient (Wildman–Crippen LogP) is 2.02. The fraction of sp³-hybridized carbons (Fsp3) is 0.0714. The number of halogens is 1. The van der Waals surface area contributed by atoms with Gasteiger partial charge in [-0.3, -0.25) is 9.78 Å². The van der Waals surface area contributed by atoms with Crippen molar-refractivity contribution >= 4 is 17.6 Å². The number of hydrogen-bond donors (Lipinski definition) is 1. The molecule has 1 aromatic carbocycles. The highest BCUT2D eigenvalue weighted by Crippen LogP contribution is 2.12. The topological polar surface area (TPSA) is 68.3 Å². The summed E-state index contributed by atoms with van der Waals surface area (Å²) >= 11 is 0. The van der Waals surface area contributed by atoms with E-state index in [9.17, 15) is 14.0 Å². The summed E-state index contributed by atoms with van der Waals surface area (Å²) in [4.78, 5) is 26.9. The Balaban J connectivity index is 1.87. The molecule has 0 spiro atoms. The maximum Gasteiger partial charge on any atom is 0.338 e. The number of rotatable bonds is 4. The van der Waals surface area contributed by atoms with Crippen LogP contribution in [0, 0.1) is 5.82 Å². The van der Waals surface area contributed by atoms with Crippen LogP contribution in [0.1, 0.15) is 10.4 Å². The first kappa shape index (κ1) is 13.7. The second-order valence-electron chi connectivity index (χ2n) is 3.84. The zero-order valence-electron chi connectivity index (χ0n) is 10.4. The number of anilines is 1. The van der Waals surface area contributed by atoms with E-state index in [-0.39, 0.29) is 5.69 Å². The van der Waals surface area contributed by atoms with E-state index in [4.69, 9.17) is 4.74 Å². The Bertz CT molecular complexity index is 617. The van der Waals surface area contributed by atoms with Crippen LogP contribution in [0.15, 0.2) is 48.8 Å². The van der Waals surface area contributed by atoms with E-state index in [2.05, 4.69) is 10.3 Å². The van der Waals surface area contributed by atoms with E-state index >= 15 is 0 Å². The summed E-state index contributed by atoms with van der Waals surface area (Å²) in [6.07, 6.45) is 2.88. The average Bonchev–Trinajstić information content (AvgIpc) is 2.48. The van der Waals surface area contributed by atoms with Gasteiger partial charge in [-0.05, 0) is 24.3 Å².